The van der Waals surface area contributed by atoms with Gasteiger partial charge >= 0.3 is 5.97 Å². The van der Waals surface area contributed by atoms with E-state index in [0.29, 0.717) is 0 Å². The summed E-state index contributed by atoms with van der Waals surface area (Å²) >= 11 is 5.15. The van der Waals surface area contributed by atoms with E-state index in [0.717, 1.165) is 30.4 Å². The average Bonchev–Trinajstić information content (AvgIpc) is 2.77. The number of hydrogen-bond acceptors (Lipinski definition) is 3. The van der Waals surface area contributed by atoms with Gasteiger partial charge in [-0.2, -0.15) is 0 Å². The van der Waals surface area contributed by atoms with Crippen LogP contribution in [0, 0.1) is 0 Å². The molecule has 0 saturated carbocycles. The Labute approximate surface area is 107 Å². The van der Waals surface area contributed by atoms with Crippen molar-refractivity contribution >= 4 is 33.2 Å². The first-order valence-electron chi connectivity index (χ1n) is 5.24. The Hall–Kier alpha value is -0.390. The standard InChI is InChI=1S/C11H14BrNO2S/c1-11(10(14)15)4-2-5-13(11)7-9-8(12)3-6-16-9/h3,6H,2,4-5,7H2,1H3,(H,14,15). The number of thiophene rings is 1. The highest BCUT2D eigenvalue weighted by atomic mass is 79.9. The molecule has 3 nitrogen and oxygen atoms in total. The molecule has 1 N–H and O–H groups in total. The molecule has 16 heavy (non-hydrogen) atoms. The summed E-state index contributed by atoms with van der Waals surface area (Å²) in [6, 6.07) is 2.01. The Balaban J connectivity index is 2.16. The predicted molar refractivity (Wildman–Crippen MR) is 67.7 cm³/mol. The average molecular weight is 304 g/mol. The van der Waals surface area contributed by atoms with Crippen LogP contribution in [0.25, 0.3) is 0 Å². The molecule has 0 amide bonds. The van der Waals surface area contributed by atoms with E-state index < -0.39 is 11.5 Å². The van der Waals surface area contributed by atoms with Gasteiger partial charge in [0.15, 0.2) is 0 Å². The Morgan fingerprint density at radius 1 is 1.75 bits per heavy atom. The Morgan fingerprint density at radius 2 is 2.50 bits per heavy atom. The number of aliphatic carboxylic acids is 1. The molecule has 2 rings (SSSR count). The summed E-state index contributed by atoms with van der Waals surface area (Å²) in [7, 11) is 0. The number of nitrogens with zero attached hydrogens (tertiary/aromatic N) is 1. The maximum Gasteiger partial charge on any atom is 0.323 e. The summed E-state index contributed by atoms with van der Waals surface area (Å²) in [5.41, 5.74) is -0.691. The third-order valence-electron chi connectivity index (χ3n) is 3.28. The lowest BCUT2D eigenvalue weighted by Gasteiger charge is -2.30. The van der Waals surface area contributed by atoms with Crippen molar-refractivity contribution in [2.24, 2.45) is 0 Å². The molecule has 0 bridgehead atoms. The monoisotopic (exact) mass is 303 g/mol. The summed E-state index contributed by atoms with van der Waals surface area (Å²) in [6.07, 6.45) is 1.71. The van der Waals surface area contributed by atoms with Crippen molar-refractivity contribution in [1.82, 2.24) is 4.90 Å². The molecular formula is C11H14BrNO2S. The van der Waals surface area contributed by atoms with Crippen molar-refractivity contribution in [1.29, 1.82) is 0 Å². The first-order chi connectivity index (χ1) is 7.54. The van der Waals surface area contributed by atoms with Crippen LogP contribution in [0.3, 0.4) is 0 Å². The second-order valence-electron chi connectivity index (χ2n) is 4.30. The van der Waals surface area contributed by atoms with Gasteiger partial charge in [0.05, 0.1) is 0 Å². The lowest BCUT2D eigenvalue weighted by Crippen LogP contribution is -2.47. The van der Waals surface area contributed by atoms with Crippen molar-refractivity contribution < 1.29 is 9.90 Å². The van der Waals surface area contributed by atoms with Crippen molar-refractivity contribution in [2.45, 2.75) is 31.8 Å². The molecule has 5 heteroatoms. The van der Waals surface area contributed by atoms with E-state index in [-0.39, 0.29) is 0 Å². The van der Waals surface area contributed by atoms with Gasteiger partial charge < -0.3 is 5.11 Å². The molecule has 1 fully saturated rings. The van der Waals surface area contributed by atoms with E-state index in [1.807, 2.05) is 18.4 Å². The molecule has 1 saturated heterocycles. The third kappa shape index (κ3) is 2.04. The molecule has 0 aromatic carbocycles. The summed E-state index contributed by atoms with van der Waals surface area (Å²) < 4.78 is 1.08. The zero-order chi connectivity index (χ0) is 11.8. The fourth-order valence-electron chi connectivity index (χ4n) is 2.13. The second kappa shape index (κ2) is 4.47. The van der Waals surface area contributed by atoms with Crippen LogP contribution in [-0.4, -0.2) is 28.1 Å². The molecule has 1 aliphatic rings. The van der Waals surface area contributed by atoms with Crippen molar-refractivity contribution in [3.8, 4) is 0 Å². The van der Waals surface area contributed by atoms with Gasteiger partial charge in [-0.05, 0) is 53.7 Å². The minimum absolute atomic E-state index is 0.691. The number of carbonyl (C=O) groups is 1. The molecule has 0 aliphatic carbocycles. The van der Waals surface area contributed by atoms with E-state index >= 15 is 0 Å². The molecule has 0 radical (unpaired) electrons. The van der Waals surface area contributed by atoms with E-state index in [1.54, 1.807) is 11.3 Å². The van der Waals surface area contributed by atoms with Gasteiger partial charge in [0.2, 0.25) is 0 Å². The number of carboxylic acid groups (broad SMARTS) is 1. The molecule has 1 aromatic rings. The van der Waals surface area contributed by atoms with Gasteiger partial charge in [0.1, 0.15) is 5.54 Å². The minimum Gasteiger partial charge on any atom is -0.480 e. The quantitative estimate of drug-likeness (QED) is 0.933. The number of carboxylic acids is 1. The second-order valence-corrected chi connectivity index (χ2v) is 6.15. The van der Waals surface area contributed by atoms with Gasteiger partial charge in [0, 0.05) is 15.9 Å². The summed E-state index contributed by atoms with van der Waals surface area (Å²) in [5.74, 6) is -0.710. The van der Waals surface area contributed by atoms with Crippen LogP contribution in [0.15, 0.2) is 15.9 Å². The topological polar surface area (TPSA) is 40.5 Å². The van der Waals surface area contributed by atoms with Crippen LogP contribution in [0.2, 0.25) is 0 Å². The van der Waals surface area contributed by atoms with Crippen molar-refractivity contribution in [3.63, 3.8) is 0 Å². The fourth-order valence-corrected chi connectivity index (χ4v) is 3.62. The van der Waals surface area contributed by atoms with Crippen molar-refractivity contribution in [3.05, 3.63) is 20.8 Å². The largest absolute Gasteiger partial charge is 0.480 e. The normalized spacial score (nSPS) is 26.1. The lowest BCUT2D eigenvalue weighted by molar-refractivity contribution is -0.148. The van der Waals surface area contributed by atoms with Crippen LogP contribution in [0.1, 0.15) is 24.6 Å². The number of rotatable bonds is 3. The van der Waals surface area contributed by atoms with Crippen LogP contribution in [-0.2, 0) is 11.3 Å². The first kappa shape index (κ1) is 12.1. The smallest absolute Gasteiger partial charge is 0.323 e. The minimum atomic E-state index is -0.710. The fraction of sp³-hybridized carbons (Fsp3) is 0.545. The van der Waals surface area contributed by atoms with Gasteiger partial charge in [-0.1, -0.05) is 0 Å². The third-order valence-corrected chi connectivity index (χ3v) is 5.19. The van der Waals surface area contributed by atoms with Crippen LogP contribution in [0.5, 0.6) is 0 Å². The molecule has 0 spiro atoms. The van der Waals surface area contributed by atoms with Gasteiger partial charge in [0.25, 0.3) is 0 Å². The van der Waals surface area contributed by atoms with Gasteiger partial charge in [-0.25, -0.2) is 0 Å². The molecule has 1 aliphatic heterocycles. The molecule has 1 atom stereocenters. The van der Waals surface area contributed by atoms with Crippen LogP contribution >= 0.6 is 27.3 Å². The molecule has 1 aromatic heterocycles. The van der Waals surface area contributed by atoms with Crippen molar-refractivity contribution in [2.75, 3.05) is 6.54 Å². The number of likely N-dealkylation sites (tertiary alicyclic amines) is 1. The Bertz CT molecular complexity index is 406. The van der Waals surface area contributed by atoms with E-state index in [2.05, 4.69) is 20.8 Å². The first-order valence-corrected chi connectivity index (χ1v) is 6.91. The van der Waals surface area contributed by atoms with Crippen LogP contribution < -0.4 is 0 Å². The highest BCUT2D eigenvalue weighted by Crippen LogP contribution is 2.33. The SMILES string of the molecule is CC1(C(=O)O)CCCN1Cc1sccc1Br. The van der Waals surface area contributed by atoms with E-state index in [1.165, 1.54) is 4.88 Å². The van der Waals surface area contributed by atoms with Gasteiger partial charge in [-0.15, -0.1) is 11.3 Å². The molecule has 1 unspecified atom stereocenters. The summed E-state index contributed by atoms with van der Waals surface area (Å²) in [6.45, 7) is 3.41. The zero-order valence-corrected chi connectivity index (χ0v) is 11.5. The van der Waals surface area contributed by atoms with Crippen LogP contribution in [0.4, 0.5) is 0 Å². The maximum absolute atomic E-state index is 11.3. The predicted octanol–water partition coefficient (Wildman–Crippen LogP) is 2.95. The zero-order valence-electron chi connectivity index (χ0n) is 9.07. The summed E-state index contributed by atoms with van der Waals surface area (Å²) in [5, 5.41) is 11.3. The van der Waals surface area contributed by atoms with E-state index in [4.69, 9.17) is 0 Å². The maximum atomic E-state index is 11.3. The Kier molecular flexibility index (Phi) is 3.37. The number of hydrogen-bond donors (Lipinski definition) is 1. The Morgan fingerprint density at radius 3 is 3.06 bits per heavy atom. The van der Waals surface area contributed by atoms with E-state index in [9.17, 15) is 9.90 Å². The van der Waals surface area contributed by atoms with Gasteiger partial charge in [-0.3, -0.25) is 9.69 Å². The highest BCUT2D eigenvalue weighted by molar-refractivity contribution is 9.10. The lowest BCUT2D eigenvalue weighted by atomic mass is 9.99. The molecule has 2 heterocycles. The molecule has 88 valence electrons. The molecular weight excluding hydrogens is 290 g/mol. The number of halogens is 1. The highest BCUT2D eigenvalue weighted by Gasteiger charge is 2.43. The summed E-state index contributed by atoms with van der Waals surface area (Å²) in [4.78, 5) is 14.6.